The van der Waals surface area contributed by atoms with Gasteiger partial charge in [0.25, 0.3) is 0 Å². The van der Waals surface area contributed by atoms with E-state index in [0.717, 1.165) is 0 Å². The standard InChI is InChI=1S/C7H6O2.C2H3O/c8-7(9)6-4-2-1-3-5-6;1-2-3/h1-5H,(H,8,9);2H,1H2. The minimum absolute atomic E-state index is 0.331. The maximum Gasteiger partial charge on any atom is 0.335 e. The minimum atomic E-state index is -0.879. The van der Waals surface area contributed by atoms with Crippen LogP contribution in [0.25, 0.3) is 0 Å². The van der Waals surface area contributed by atoms with Crippen LogP contribution >= 0.6 is 0 Å². The Bertz CT molecular complexity index is 241. The van der Waals surface area contributed by atoms with E-state index in [1.807, 2.05) is 0 Å². The summed E-state index contributed by atoms with van der Waals surface area (Å²) < 4.78 is 0. The van der Waals surface area contributed by atoms with Gasteiger partial charge in [-0.25, -0.2) is 4.79 Å². The Kier molecular flexibility index (Phi) is 5.09. The quantitative estimate of drug-likeness (QED) is 0.646. The number of hydrogen-bond acceptors (Lipinski definition) is 1. The van der Waals surface area contributed by atoms with Gasteiger partial charge in [-0.1, -0.05) is 24.8 Å². The summed E-state index contributed by atoms with van der Waals surface area (Å²) in [6, 6.07) is 8.30. The van der Waals surface area contributed by atoms with Crippen molar-refractivity contribution in [2.45, 2.75) is 0 Å². The summed E-state index contributed by atoms with van der Waals surface area (Å²) >= 11 is 0. The lowest BCUT2D eigenvalue weighted by Crippen LogP contribution is -1.93. The van der Waals surface area contributed by atoms with Gasteiger partial charge < -0.3 is 5.11 Å². The third-order valence-electron chi connectivity index (χ3n) is 1.02. The molecule has 0 heterocycles. The van der Waals surface area contributed by atoms with E-state index in [9.17, 15) is 4.79 Å². The molecule has 0 bridgehead atoms. The van der Waals surface area contributed by atoms with Crippen molar-refractivity contribution in [3.63, 3.8) is 0 Å². The van der Waals surface area contributed by atoms with E-state index >= 15 is 0 Å². The summed E-state index contributed by atoms with van der Waals surface area (Å²) in [5.41, 5.74) is 0.331. The molecule has 1 aromatic carbocycles. The van der Waals surface area contributed by atoms with Crippen molar-refractivity contribution in [2.75, 3.05) is 0 Å². The molecule has 1 aromatic rings. The molecule has 0 aliphatic heterocycles. The number of carboxylic acid groups (broad SMARTS) is 1. The highest BCUT2D eigenvalue weighted by atomic mass is 16.4. The van der Waals surface area contributed by atoms with Crippen molar-refractivity contribution in [2.24, 2.45) is 0 Å². The highest BCUT2D eigenvalue weighted by Crippen LogP contribution is 1.96. The first-order valence-electron chi connectivity index (χ1n) is 3.23. The summed E-state index contributed by atoms with van der Waals surface area (Å²) in [7, 11) is 0. The van der Waals surface area contributed by atoms with Gasteiger partial charge >= 0.3 is 5.97 Å². The average molecular weight is 165 g/mol. The van der Waals surface area contributed by atoms with Crippen LogP contribution in [0.15, 0.2) is 43.2 Å². The van der Waals surface area contributed by atoms with Crippen LogP contribution in [0, 0.1) is 0 Å². The predicted molar refractivity (Wildman–Crippen MR) is 44.3 cm³/mol. The second kappa shape index (κ2) is 5.97. The maximum absolute atomic E-state index is 10.2. The van der Waals surface area contributed by atoms with Crippen LogP contribution < -0.4 is 0 Å². The Labute approximate surface area is 70.6 Å². The third-order valence-corrected chi connectivity index (χ3v) is 1.02. The van der Waals surface area contributed by atoms with Gasteiger partial charge in [-0.2, -0.15) is 0 Å². The molecule has 0 aromatic heterocycles. The Balaban J connectivity index is 0.000000354. The zero-order valence-electron chi connectivity index (χ0n) is 6.43. The molecule has 3 nitrogen and oxygen atoms in total. The molecule has 1 radical (unpaired) electrons. The molecule has 0 atom stereocenters. The Morgan fingerprint density at radius 2 is 1.75 bits per heavy atom. The van der Waals surface area contributed by atoms with Gasteiger partial charge in [0, 0.05) is 0 Å². The Morgan fingerprint density at radius 3 is 2.00 bits per heavy atom. The van der Waals surface area contributed by atoms with Crippen LogP contribution in [0.5, 0.6) is 0 Å². The van der Waals surface area contributed by atoms with Crippen LogP contribution in [0.2, 0.25) is 0 Å². The molecule has 0 saturated heterocycles. The summed E-state index contributed by atoms with van der Waals surface area (Å²) in [5.74, 6) is -0.879. The summed E-state index contributed by atoms with van der Waals surface area (Å²) in [4.78, 5) is 10.2. The molecule has 0 aliphatic rings. The lowest BCUT2D eigenvalue weighted by atomic mass is 10.2. The number of rotatable bonds is 1. The average Bonchev–Trinajstić information content (AvgIpc) is 2.07. The van der Waals surface area contributed by atoms with E-state index in [1.165, 1.54) is 0 Å². The van der Waals surface area contributed by atoms with Crippen LogP contribution in [0.4, 0.5) is 0 Å². The van der Waals surface area contributed by atoms with Crippen molar-refractivity contribution in [1.82, 2.24) is 0 Å². The number of aromatic carboxylic acids is 1. The predicted octanol–water partition coefficient (Wildman–Crippen LogP) is 1.95. The van der Waals surface area contributed by atoms with Gasteiger partial charge in [0.05, 0.1) is 5.56 Å². The van der Waals surface area contributed by atoms with E-state index in [1.54, 1.807) is 30.3 Å². The van der Waals surface area contributed by atoms with Crippen LogP contribution in [-0.4, -0.2) is 11.1 Å². The second-order valence-corrected chi connectivity index (χ2v) is 1.84. The first-order valence-corrected chi connectivity index (χ1v) is 3.23. The van der Waals surface area contributed by atoms with Gasteiger partial charge in [0.1, 0.15) is 6.26 Å². The van der Waals surface area contributed by atoms with E-state index in [2.05, 4.69) is 6.58 Å². The highest BCUT2D eigenvalue weighted by Gasteiger charge is 1.96. The van der Waals surface area contributed by atoms with Gasteiger partial charge in [-0.05, 0) is 12.1 Å². The molecular formula is C9H9O3. The first-order chi connectivity index (χ1) is 5.72. The van der Waals surface area contributed by atoms with Crippen LogP contribution in [0.3, 0.4) is 0 Å². The molecule has 3 heteroatoms. The van der Waals surface area contributed by atoms with E-state index < -0.39 is 5.97 Å². The zero-order chi connectivity index (χ0) is 9.40. The fourth-order valence-corrected chi connectivity index (χ4v) is 0.581. The van der Waals surface area contributed by atoms with E-state index in [0.29, 0.717) is 11.8 Å². The SMILES string of the molecule is C=C[O].O=C(O)c1ccccc1. The van der Waals surface area contributed by atoms with Crippen molar-refractivity contribution >= 4 is 5.97 Å². The van der Waals surface area contributed by atoms with Gasteiger partial charge in [0.2, 0.25) is 0 Å². The molecule has 0 unspecified atom stereocenters. The summed E-state index contributed by atoms with van der Waals surface area (Å²) in [6.45, 7) is 2.81. The van der Waals surface area contributed by atoms with Crippen molar-refractivity contribution in [1.29, 1.82) is 0 Å². The molecule has 0 amide bonds. The fraction of sp³-hybridized carbons (Fsp3) is 0. The molecular weight excluding hydrogens is 156 g/mol. The number of hydrogen-bond donors (Lipinski definition) is 1. The van der Waals surface area contributed by atoms with Crippen LogP contribution in [0.1, 0.15) is 10.4 Å². The zero-order valence-corrected chi connectivity index (χ0v) is 6.43. The number of carboxylic acids is 1. The first kappa shape index (κ1) is 10.2. The highest BCUT2D eigenvalue weighted by molar-refractivity contribution is 5.87. The van der Waals surface area contributed by atoms with Crippen molar-refractivity contribution < 1.29 is 15.0 Å². The maximum atomic E-state index is 10.2. The van der Waals surface area contributed by atoms with Crippen molar-refractivity contribution in [3.05, 3.63) is 48.7 Å². The van der Waals surface area contributed by atoms with E-state index in [-0.39, 0.29) is 0 Å². The van der Waals surface area contributed by atoms with E-state index in [4.69, 9.17) is 10.2 Å². The van der Waals surface area contributed by atoms with Gasteiger partial charge in [-0.3, -0.25) is 5.11 Å². The largest absolute Gasteiger partial charge is 0.478 e. The summed E-state index contributed by atoms with van der Waals surface area (Å²) in [5, 5.41) is 17.1. The third kappa shape index (κ3) is 4.11. The van der Waals surface area contributed by atoms with Gasteiger partial charge in [-0.15, -0.1) is 0 Å². The smallest absolute Gasteiger partial charge is 0.335 e. The molecule has 63 valence electrons. The summed E-state index contributed by atoms with van der Waals surface area (Å²) in [6.07, 6.45) is 0.500. The lowest BCUT2D eigenvalue weighted by Gasteiger charge is -1.88. The Morgan fingerprint density at radius 1 is 1.33 bits per heavy atom. The monoisotopic (exact) mass is 165 g/mol. The van der Waals surface area contributed by atoms with Crippen LogP contribution in [-0.2, 0) is 5.11 Å². The molecule has 0 fully saturated rings. The molecule has 1 rings (SSSR count). The topological polar surface area (TPSA) is 57.2 Å². The Hall–Kier alpha value is -1.77. The molecule has 0 spiro atoms. The fourth-order valence-electron chi connectivity index (χ4n) is 0.581. The van der Waals surface area contributed by atoms with Crippen molar-refractivity contribution in [3.8, 4) is 0 Å². The molecule has 12 heavy (non-hydrogen) atoms. The number of benzene rings is 1. The molecule has 0 saturated carbocycles. The lowest BCUT2D eigenvalue weighted by molar-refractivity contribution is 0.0697. The second-order valence-electron chi connectivity index (χ2n) is 1.84. The normalized spacial score (nSPS) is 7.67. The number of carbonyl (C=O) groups is 1. The molecule has 0 aliphatic carbocycles. The minimum Gasteiger partial charge on any atom is -0.478 e. The van der Waals surface area contributed by atoms with Gasteiger partial charge in [0.15, 0.2) is 0 Å². The molecule has 1 N–H and O–H groups in total.